The number of Topliss-reactive ketones (excluding diaryl/α,β-unsaturated/α-hetero) is 1. The summed E-state index contributed by atoms with van der Waals surface area (Å²) in [5, 5.41) is 1.28. The second kappa shape index (κ2) is 8.62. The van der Waals surface area contributed by atoms with Gasteiger partial charge in [-0.05, 0) is 49.7 Å². The summed E-state index contributed by atoms with van der Waals surface area (Å²) in [5.41, 5.74) is 3.40. The minimum absolute atomic E-state index is 0.101. The van der Waals surface area contributed by atoms with Crippen LogP contribution in [0.1, 0.15) is 52.3 Å². The normalized spacial score (nSPS) is 17.1. The molecule has 33 heavy (non-hydrogen) atoms. The summed E-state index contributed by atoms with van der Waals surface area (Å²) in [6, 6.07) is 13.2. The quantitative estimate of drug-likeness (QED) is 0.459. The summed E-state index contributed by atoms with van der Waals surface area (Å²) in [4.78, 5) is 24.6. The van der Waals surface area contributed by atoms with Crippen LogP contribution in [0.2, 0.25) is 10.0 Å². The molecule has 2 aliphatic heterocycles. The number of hydrogen-bond acceptors (Lipinski definition) is 5. The Labute approximate surface area is 203 Å². The summed E-state index contributed by atoms with van der Waals surface area (Å²) < 4.78 is 6.40. The highest BCUT2D eigenvalue weighted by atomic mass is 35.5. The number of benzene rings is 2. The van der Waals surface area contributed by atoms with Crippen LogP contribution in [-0.4, -0.2) is 34.4 Å². The first-order valence-corrected chi connectivity index (χ1v) is 11.9. The van der Waals surface area contributed by atoms with Crippen LogP contribution in [0.3, 0.4) is 0 Å². The van der Waals surface area contributed by atoms with E-state index >= 15 is 0 Å². The second-order valence-electron chi connectivity index (χ2n) is 8.97. The van der Waals surface area contributed by atoms with E-state index in [1.165, 1.54) is 5.56 Å². The molecule has 5 rings (SSSR count). The van der Waals surface area contributed by atoms with Crippen molar-refractivity contribution in [2.45, 2.75) is 45.1 Å². The number of hydrogen-bond donors (Lipinski definition) is 0. The summed E-state index contributed by atoms with van der Waals surface area (Å²) in [7, 11) is 0. The number of piperidine rings is 1. The highest BCUT2D eigenvalue weighted by Gasteiger charge is 2.43. The van der Waals surface area contributed by atoms with E-state index in [0.717, 1.165) is 60.3 Å². The van der Waals surface area contributed by atoms with Crippen molar-refractivity contribution in [3.05, 3.63) is 80.7 Å². The Hall–Kier alpha value is -2.63. The van der Waals surface area contributed by atoms with Crippen molar-refractivity contribution in [2.75, 3.05) is 18.0 Å². The molecule has 5 nitrogen and oxygen atoms in total. The third kappa shape index (κ3) is 4.44. The summed E-state index contributed by atoms with van der Waals surface area (Å²) in [6.07, 6.45) is 2.63. The maximum Gasteiger partial charge on any atom is 0.170 e. The number of carbonyl (C=O) groups is 1. The molecule has 1 spiro atoms. The zero-order valence-electron chi connectivity index (χ0n) is 18.7. The number of ether oxygens (including phenoxy) is 1. The fraction of sp³-hybridized carbons (Fsp3) is 0.346. The van der Waals surface area contributed by atoms with Crippen molar-refractivity contribution in [1.82, 2.24) is 9.97 Å². The molecular formula is C26H25Cl2N3O2. The summed E-state index contributed by atoms with van der Waals surface area (Å²) in [6.45, 7) is 5.50. The lowest BCUT2D eigenvalue weighted by Gasteiger charge is -2.44. The van der Waals surface area contributed by atoms with E-state index in [9.17, 15) is 4.79 Å². The maximum absolute atomic E-state index is 12.9. The molecule has 2 aliphatic rings. The number of ketones is 1. The molecule has 0 unspecified atom stereocenters. The SMILES string of the molecule is Cc1nc(C)c(Cc2ccc(Cl)cc2)c(N2CCC3(CC2)CC(=O)c2cc(Cl)ccc2O3)n1. The molecule has 0 bridgehead atoms. The molecule has 3 heterocycles. The average Bonchev–Trinajstić information content (AvgIpc) is 2.78. The summed E-state index contributed by atoms with van der Waals surface area (Å²) >= 11 is 12.1. The van der Waals surface area contributed by atoms with Crippen LogP contribution in [0.15, 0.2) is 42.5 Å². The Balaban J connectivity index is 1.38. The molecule has 0 aliphatic carbocycles. The van der Waals surface area contributed by atoms with Crippen LogP contribution in [-0.2, 0) is 6.42 Å². The number of aryl methyl sites for hydroxylation is 2. The van der Waals surface area contributed by atoms with Gasteiger partial charge in [-0.25, -0.2) is 9.97 Å². The third-order valence-corrected chi connectivity index (χ3v) is 7.11. The molecule has 1 aromatic heterocycles. The van der Waals surface area contributed by atoms with E-state index in [-0.39, 0.29) is 5.78 Å². The van der Waals surface area contributed by atoms with Gasteiger partial charge in [0.25, 0.3) is 0 Å². The van der Waals surface area contributed by atoms with Crippen LogP contribution in [0.4, 0.5) is 5.82 Å². The maximum atomic E-state index is 12.9. The van der Waals surface area contributed by atoms with E-state index < -0.39 is 5.60 Å². The van der Waals surface area contributed by atoms with E-state index in [2.05, 4.69) is 9.88 Å². The Bertz CT molecular complexity index is 1220. The average molecular weight is 482 g/mol. The monoisotopic (exact) mass is 481 g/mol. The second-order valence-corrected chi connectivity index (χ2v) is 9.85. The number of halogens is 2. The van der Waals surface area contributed by atoms with Crippen molar-refractivity contribution in [1.29, 1.82) is 0 Å². The van der Waals surface area contributed by atoms with E-state index in [4.69, 9.17) is 32.9 Å². The van der Waals surface area contributed by atoms with Crippen LogP contribution in [0.25, 0.3) is 0 Å². The molecule has 0 saturated carbocycles. The van der Waals surface area contributed by atoms with E-state index in [1.807, 2.05) is 44.2 Å². The fourth-order valence-corrected chi connectivity index (χ4v) is 5.16. The molecular weight excluding hydrogens is 457 g/mol. The molecule has 170 valence electrons. The minimum atomic E-state index is -0.470. The highest BCUT2D eigenvalue weighted by molar-refractivity contribution is 6.31. The smallest absolute Gasteiger partial charge is 0.170 e. The van der Waals surface area contributed by atoms with Gasteiger partial charge < -0.3 is 9.64 Å². The van der Waals surface area contributed by atoms with Gasteiger partial charge in [0.1, 0.15) is 23.0 Å². The zero-order valence-corrected chi connectivity index (χ0v) is 20.2. The van der Waals surface area contributed by atoms with Gasteiger partial charge in [-0.1, -0.05) is 35.3 Å². The number of rotatable bonds is 3. The van der Waals surface area contributed by atoms with Crippen LogP contribution in [0, 0.1) is 13.8 Å². The zero-order chi connectivity index (χ0) is 23.2. The lowest BCUT2D eigenvalue weighted by Crippen LogP contribution is -2.51. The number of anilines is 1. The largest absolute Gasteiger partial charge is 0.486 e. The predicted octanol–water partition coefficient (Wildman–Crippen LogP) is 6.00. The molecule has 1 fully saturated rings. The molecule has 0 amide bonds. The summed E-state index contributed by atoms with van der Waals surface area (Å²) in [5.74, 6) is 2.47. The van der Waals surface area contributed by atoms with Gasteiger partial charge in [0.05, 0.1) is 12.0 Å². The number of nitrogens with zero attached hydrogens (tertiary/aromatic N) is 3. The Kier molecular flexibility index (Phi) is 5.79. The molecule has 3 aromatic rings. The molecule has 1 saturated heterocycles. The Morgan fingerprint density at radius 1 is 1.00 bits per heavy atom. The number of fused-ring (bicyclic) bond motifs is 1. The Morgan fingerprint density at radius 2 is 1.70 bits per heavy atom. The number of carbonyl (C=O) groups excluding carboxylic acids is 1. The van der Waals surface area contributed by atoms with Crippen molar-refractivity contribution in [2.24, 2.45) is 0 Å². The van der Waals surface area contributed by atoms with Gasteiger partial charge in [-0.15, -0.1) is 0 Å². The van der Waals surface area contributed by atoms with E-state index in [1.54, 1.807) is 12.1 Å². The predicted molar refractivity (Wildman–Crippen MR) is 131 cm³/mol. The van der Waals surface area contributed by atoms with Crippen LogP contribution >= 0.6 is 23.2 Å². The van der Waals surface area contributed by atoms with Crippen LogP contribution < -0.4 is 9.64 Å². The topological polar surface area (TPSA) is 55.3 Å². The highest BCUT2D eigenvalue weighted by Crippen LogP contribution is 2.41. The molecule has 0 radical (unpaired) electrons. The standard InChI is InChI=1S/C26H25Cl2N3O2/c1-16-21(13-18-3-5-19(27)6-4-18)25(30-17(2)29-16)31-11-9-26(10-12-31)15-23(32)22-14-20(28)7-8-24(22)33-26/h3-8,14H,9-13,15H2,1-2H3. The van der Waals surface area contributed by atoms with Crippen molar-refractivity contribution >= 4 is 34.8 Å². The molecule has 0 N–H and O–H groups in total. The van der Waals surface area contributed by atoms with Gasteiger partial charge >= 0.3 is 0 Å². The first-order valence-electron chi connectivity index (χ1n) is 11.2. The Morgan fingerprint density at radius 3 is 2.42 bits per heavy atom. The van der Waals surface area contributed by atoms with Gasteiger partial charge in [-0.3, -0.25) is 4.79 Å². The molecule has 0 atom stereocenters. The van der Waals surface area contributed by atoms with E-state index in [0.29, 0.717) is 22.8 Å². The first-order chi connectivity index (χ1) is 15.8. The van der Waals surface area contributed by atoms with Crippen molar-refractivity contribution in [3.63, 3.8) is 0 Å². The third-order valence-electron chi connectivity index (χ3n) is 6.62. The van der Waals surface area contributed by atoms with Crippen molar-refractivity contribution in [3.8, 4) is 5.75 Å². The van der Waals surface area contributed by atoms with Crippen molar-refractivity contribution < 1.29 is 9.53 Å². The molecule has 2 aromatic carbocycles. The first kappa shape index (κ1) is 22.2. The van der Waals surface area contributed by atoms with Crippen LogP contribution in [0.5, 0.6) is 5.75 Å². The minimum Gasteiger partial charge on any atom is -0.486 e. The van der Waals surface area contributed by atoms with Gasteiger partial charge in [0.2, 0.25) is 0 Å². The lowest BCUT2D eigenvalue weighted by atomic mass is 9.82. The van der Waals surface area contributed by atoms with Gasteiger partial charge in [0.15, 0.2) is 5.78 Å². The molecule has 7 heteroatoms. The van der Waals surface area contributed by atoms with Gasteiger partial charge in [0, 0.05) is 53.7 Å². The lowest BCUT2D eigenvalue weighted by molar-refractivity contribution is 0.0231. The van der Waals surface area contributed by atoms with Gasteiger partial charge in [-0.2, -0.15) is 0 Å². The fourth-order valence-electron chi connectivity index (χ4n) is 4.86. The number of aromatic nitrogens is 2.